The topological polar surface area (TPSA) is 95.2 Å². The molecule has 176 valence electrons. The Kier molecular flexibility index (Phi) is 6.07. The lowest BCUT2D eigenvalue weighted by molar-refractivity contribution is 0.0687. The van der Waals surface area contributed by atoms with Gasteiger partial charge in [-0.2, -0.15) is 5.10 Å². The van der Waals surface area contributed by atoms with Crippen LogP contribution in [0.3, 0.4) is 0 Å². The second kappa shape index (κ2) is 8.87. The van der Waals surface area contributed by atoms with Crippen LogP contribution in [-0.2, 0) is 11.3 Å². The van der Waals surface area contributed by atoms with E-state index < -0.39 is 0 Å². The molecule has 3 N–H and O–H groups in total. The van der Waals surface area contributed by atoms with Gasteiger partial charge in [-0.1, -0.05) is 0 Å². The molecular weight excluding hydrogens is 460 g/mol. The zero-order valence-corrected chi connectivity index (χ0v) is 20.4. The molecule has 8 nitrogen and oxygen atoms in total. The van der Waals surface area contributed by atoms with E-state index in [0.717, 1.165) is 53.1 Å². The van der Waals surface area contributed by atoms with E-state index in [0.29, 0.717) is 36.1 Å². The van der Waals surface area contributed by atoms with Crippen molar-refractivity contribution in [3.05, 3.63) is 34.0 Å². The van der Waals surface area contributed by atoms with E-state index in [9.17, 15) is 4.79 Å². The molecule has 6 rings (SSSR count). The Morgan fingerprint density at radius 1 is 1.24 bits per heavy atom. The third-order valence-electron chi connectivity index (χ3n) is 6.75. The molecule has 3 fully saturated rings. The number of nitrogens with zero attached hydrogens (tertiary/aromatic N) is 3. The molecule has 3 aromatic rings. The third kappa shape index (κ3) is 4.23. The summed E-state index contributed by atoms with van der Waals surface area (Å²) in [5, 5.41) is 15.6. The largest absolute Gasteiger partial charge is 0.380 e. The monoisotopic (exact) mass is 488 g/mol. The molecule has 10 heteroatoms. The number of fused-ring (bicyclic) bond motifs is 3. The van der Waals surface area contributed by atoms with Crippen LogP contribution in [0.1, 0.15) is 58.2 Å². The Balaban J connectivity index is 0.00000228. The molecule has 33 heavy (non-hydrogen) atoms. The number of H-pyrrole nitrogens is 1. The number of carbonyl (C=O) groups is 1. The lowest BCUT2D eigenvalue weighted by Gasteiger charge is -2.33. The van der Waals surface area contributed by atoms with E-state index in [1.807, 2.05) is 4.90 Å². The SMILES string of the molecule is COCc1c(C(=O)N2CC3CCC(C2)N3)nc(Nc2cc(C3CC3)[nH]n2)c2cc(C)sc12.Cl. The molecule has 0 aromatic carbocycles. The summed E-state index contributed by atoms with van der Waals surface area (Å²) in [5.41, 5.74) is 2.53. The van der Waals surface area contributed by atoms with Crippen molar-refractivity contribution in [1.29, 1.82) is 0 Å². The van der Waals surface area contributed by atoms with E-state index in [4.69, 9.17) is 9.72 Å². The van der Waals surface area contributed by atoms with Gasteiger partial charge in [-0.3, -0.25) is 9.89 Å². The zero-order chi connectivity index (χ0) is 21.8. The molecule has 3 aromatic heterocycles. The Labute approximate surface area is 202 Å². The van der Waals surface area contributed by atoms with E-state index in [-0.39, 0.29) is 18.3 Å². The van der Waals surface area contributed by atoms with Crippen LogP contribution in [-0.4, -0.2) is 58.3 Å². The van der Waals surface area contributed by atoms with Crippen LogP contribution in [0, 0.1) is 6.92 Å². The number of hydrogen-bond acceptors (Lipinski definition) is 7. The summed E-state index contributed by atoms with van der Waals surface area (Å²) in [6.07, 6.45) is 4.69. The summed E-state index contributed by atoms with van der Waals surface area (Å²) in [5.74, 6) is 2.01. The number of likely N-dealkylation sites (tertiary alicyclic amines) is 1. The van der Waals surface area contributed by atoms with Gasteiger partial charge in [0.15, 0.2) is 5.82 Å². The van der Waals surface area contributed by atoms with Crippen molar-refractivity contribution in [2.24, 2.45) is 0 Å². The zero-order valence-electron chi connectivity index (χ0n) is 18.8. The highest BCUT2D eigenvalue weighted by molar-refractivity contribution is 7.19. The molecular formula is C23H29ClN6O2S. The average Bonchev–Trinajstić information content (AvgIpc) is 3.25. The smallest absolute Gasteiger partial charge is 0.273 e. The van der Waals surface area contributed by atoms with Crippen molar-refractivity contribution < 1.29 is 9.53 Å². The van der Waals surface area contributed by atoms with Crippen molar-refractivity contribution >= 4 is 51.4 Å². The normalized spacial score (nSPS) is 21.9. The molecule has 0 spiro atoms. The first-order valence-corrected chi connectivity index (χ1v) is 12.2. The van der Waals surface area contributed by atoms with Gasteiger partial charge in [-0.15, -0.1) is 23.7 Å². The highest BCUT2D eigenvalue weighted by Gasteiger charge is 2.36. The minimum absolute atomic E-state index is 0. The Morgan fingerprint density at radius 3 is 2.70 bits per heavy atom. The molecule has 1 saturated carbocycles. The molecule has 5 heterocycles. The number of anilines is 2. The van der Waals surface area contributed by atoms with Gasteiger partial charge in [-0.25, -0.2) is 4.98 Å². The molecule has 2 aliphatic heterocycles. The van der Waals surface area contributed by atoms with Crippen LogP contribution in [0.5, 0.6) is 0 Å². The van der Waals surface area contributed by atoms with Gasteiger partial charge in [0.1, 0.15) is 11.5 Å². The van der Waals surface area contributed by atoms with Crippen LogP contribution in [0.2, 0.25) is 0 Å². The van der Waals surface area contributed by atoms with Gasteiger partial charge in [0.2, 0.25) is 0 Å². The van der Waals surface area contributed by atoms with Crippen molar-refractivity contribution in [3.8, 4) is 0 Å². The van der Waals surface area contributed by atoms with Gasteiger partial charge in [0.05, 0.1) is 6.61 Å². The highest BCUT2D eigenvalue weighted by Crippen LogP contribution is 2.40. The van der Waals surface area contributed by atoms with Crippen molar-refractivity contribution in [2.75, 3.05) is 25.5 Å². The second-order valence-corrected chi connectivity index (χ2v) is 10.5. The maximum atomic E-state index is 13.7. The number of thiophene rings is 1. The van der Waals surface area contributed by atoms with E-state index in [2.05, 4.69) is 39.9 Å². The Morgan fingerprint density at radius 2 is 2.00 bits per heavy atom. The van der Waals surface area contributed by atoms with Crippen LogP contribution in [0.15, 0.2) is 12.1 Å². The summed E-state index contributed by atoms with van der Waals surface area (Å²) in [6, 6.07) is 4.96. The number of aromatic amines is 1. The standard InChI is InChI=1S/C23H28N6O2S.ClH/c1-12-7-16-21(32-12)17(11-31-2)20(23(30)29-9-14-5-6-15(10-29)24-14)26-22(16)25-19-8-18(27-28-19)13-3-4-13;/h7-8,13-15,24H,3-6,9-11H2,1-2H3,(H2,25,26,27,28);1H. The Hall–Kier alpha value is -2.20. The number of carbonyl (C=O) groups excluding carboxylic acids is 1. The fourth-order valence-electron chi connectivity index (χ4n) is 5.05. The van der Waals surface area contributed by atoms with Gasteiger partial charge >= 0.3 is 0 Å². The van der Waals surface area contributed by atoms with Crippen LogP contribution >= 0.6 is 23.7 Å². The van der Waals surface area contributed by atoms with E-state index in [1.165, 1.54) is 17.7 Å². The van der Waals surface area contributed by atoms with E-state index >= 15 is 0 Å². The number of aromatic nitrogens is 3. The van der Waals surface area contributed by atoms with Crippen molar-refractivity contribution in [1.82, 2.24) is 25.4 Å². The van der Waals surface area contributed by atoms with Crippen molar-refractivity contribution in [2.45, 2.75) is 57.2 Å². The van der Waals surface area contributed by atoms with Crippen molar-refractivity contribution in [3.63, 3.8) is 0 Å². The number of halogens is 1. The number of rotatable bonds is 6. The number of amides is 1. The molecule has 0 radical (unpaired) electrons. The number of nitrogens with one attached hydrogen (secondary N) is 3. The summed E-state index contributed by atoms with van der Waals surface area (Å²) in [4.78, 5) is 21.7. The van der Waals surface area contributed by atoms with Crippen LogP contribution < -0.4 is 10.6 Å². The highest BCUT2D eigenvalue weighted by atomic mass is 35.5. The van der Waals surface area contributed by atoms with Gasteiger partial charge in [0.25, 0.3) is 5.91 Å². The molecule has 1 aliphatic carbocycles. The molecule has 2 unspecified atom stereocenters. The molecule has 3 aliphatic rings. The second-order valence-electron chi connectivity index (χ2n) is 9.28. The van der Waals surface area contributed by atoms with Gasteiger partial charge in [-0.05, 0) is 38.7 Å². The maximum absolute atomic E-state index is 13.7. The molecule has 1 amide bonds. The number of hydrogen-bond donors (Lipinski definition) is 3. The fraction of sp³-hybridized carbons (Fsp3) is 0.522. The number of ether oxygens (including phenoxy) is 1. The van der Waals surface area contributed by atoms with Gasteiger partial charge in [0, 0.05) is 70.5 Å². The minimum atomic E-state index is -0.00727. The average molecular weight is 489 g/mol. The summed E-state index contributed by atoms with van der Waals surface area (Å²) in [6.45, 7) is 3.91. The lowest BCUT2D eigenvalue weighted by Crippen LogP contribution is -2.53. The number of aryl methyl sites for hydroxylation is 1. The van der Waals surface area contributed by atoms with Crippen LogP contribution in [0.25, 0.3) is 10.1 Å². The fourth-order valence-corrected chi connectivity index (χ4v) is 6.09. The lowest BCUT2D eigenvalue weighted by atomic mass is 10.1. The first-order valence-electron chi connectivity index (χ1n) is 11.4. The minimum Gasteiger partial charge on any atom is -0.380 e. The quantitative estimate of drug-likeness (QED) is 0.483. The predicted octanol–water partition coefficient (Wildman–Crippen LogP) is 4.09. The molecule has 2 saturated heterocycles. The first kappa shape index (κ1) is 22.6. The summed E-state index contributed by atoms with van der Waals surface area (Å²) < 4.78 is 6.58. The maximum Gasteiger partial charge on any atom is 0.273 e. The molecule has 2 atom stereocenters. The number of pyridine rings is 1. The Bertz CT molecular complexity index is 1180. The summed E-state index contributed by atoms with van der Waals surface area (Å²) >= 11 is 1.68. The van der Waals surface area contributed by atoms with Gasteiger partial charge < -0.3 is 20.3 Å². The first-order chi connectivity index (χ1) is 15.6. The molecule has 2 bridgehead atoms. The van der Waals surface area contributed by atoms with Crippen LogP contribution in [0.4, 0.5) is 11.6 Å². The number of methoxy groups -OCH3 is 1. The summed E-state index contributed by atoms with van der Waals surface area (Å²) in [7, 11) is 1.67. The predicted molar refractivity (Wildman–Crippen MR) is 132 cm³/mol. The van der Waals surface area contributed by atoms with E-state index in [1.54, 1.807) is 18.4 Å². The third-order valence-corrected chi connectivity index (χ3v) is 7.86. The number of piperazine rings is 1.